The summed E-state index contributed by atoms with van der Waals surface area (Å²) in [4.78, 5) is 25.3. The molecular weight excluding hydrogens is 278 g/mol. The Labute approximate surface area is 135 Å². The monoisotopic (exact) mass is 311 g/mol. The van der Waals surface area contributed by atoms with Gasteiger partial charge < -0.3 is 4.74 Å². The van der Waals surface area contributed by atoms with E-state index in [1.54, 1.807) is 4.90 Å². The number of carbonyl (C=O) groups excluding carboxylic acids is 2. The Kier molecular flexibility index (Phi) is 9.17. The molecule has 0 aromatic carbocycles. The van der Waals surface area contributed by atoms with Crippen molar-refractivity contribution >= 4 is 11.9 Å². The Balaban J connectivity index is 2.28. The molecular formula is C18H33NO3. The summed E-state index contributed by atoms with van der Waals surface area (Å²) in [6, 6.07) is 0. The van der Waals surface area contributed by atoms with E-state index in [2.05, 4.69) is 13.8 Å². The van der Waals surface area contributed by atoms with Gasteiger partial charge in [0.1, 0.15) is 6.54 Å². The predicted molar refractivity (Wildman–Crippen MR) is 88.3 cm³/mol. The van der Waals surface area contributed by atoms with Crippen LogP contribution in [0.15, 0.2) is 0 Å². The molecule has 1 aliphatic rings. The summed E-state index contributed by atoms with van der Waals surface area (Å²) in [5, 5.41) is 0. The summed E-state index contributed by atoms with van der Waals surface area (Å²) in [6.45, 7) is 6.43. The van der Waals surface area contributed by atoms with Gasteiger partial charge in [0, 0.05) is 12.3 Å². The van der Waals surface area contributed by atoms with E-state index in [4.69, 9.17) is 4.74 Å². The zero-order valence-electron chi connectivity index (χ0n) is 14.6. The smallest absolute Gasteiger partial charge is 0.327 e. The Morgan fingerprint density at radius 1 is 1.14 bits per heavy atom. The highest BCUT2D eigenvalue weighted by Crippen LogP contribution is 2.25. The van der Waals surface area contributed by atoms with Crippen LogP contribution in [0.4, 0.5) is 0 Å². The normalized spacial score (nSPS) is 19.3. The van der Waals surface area contributed by atoms with Gasteiger partial charge in [-0.05, 0) is 12.8 Å². The van der Waals surface area contributed by atoms with Crippen molar-refractivity contribution in [3.63, 3.8) is 0 Å². The molecule has 4 nitrogen and oxygen atoms in total. The van der Waals surface area contributed by atoms with Crippen LogP contribution in [0.1, 0.15) is 85.0 Å². The van der Waals surface area contributed by atoms with E-state index in [-0.39, 0.29) is 30.6 Å². The van der Waals surface area contributed by atoms with E-state index in [0.29, 0.717) is 6.42 Å². The lowest BCUT2D eigenvalue weighted by molar-refractivity contribution is -0.147. The van der Waals surface area contributed by atoms with E-state index in [1.165, 1.54) is 38.5 Å². The molecule has 0 saturated carbocycles. The molecule has 0 aromatic heterocycles. The fourth-order valence-corrected chi connectivity index (χ4v) is 3.04. The summed E-state index contributed by atoms with van der Waals surface area (Å²) < 4.78 is 5.38. The lowest BCUT2D eigenvalue weighted by Gasteiger charge is -2.26. The number of esters is 1. The lowest BCUT2D eigenvalue weighted by Crippen LogP contribution is -2.39. The van der Waals surface area contributed by atoms with Gasteiger partial charge >= 0.3 is 5.97 Å². The Hall–Kier alpha value is -1.06. The van der Waals surface area contributed by atoms with Gasteiger partial charge in [-0.15, -0.1) is 0 Å². The molecule has 4 heteroatoms. The van der Waals surface area contributed by atoms with Crippen LogP contribution >= 0.6 is 0 Å². The number of ether oxygens (including phenoxy) is 1. The molecule has 1 heterocycles. The van der Waals surface area contributed by atoms with Crippen LogP contribution < -0.4 is 0 Å². The van der Waals surface area contributed by atoms with E-state index < -0.39 is 0 Å². The van der Waals surface area contributed by atoms with Gasteiger partial charge in [0.25, 0.3) is 0 Å². The molecule has 0 spiro atoms. The minimum atomic E-state index is -0.341. The lowest BCUT2D eigenvalue weighted by atomic mass is 9.99. The molecule has 0 aliphatic carbocycles. The second kappa shape index (κ2) is 10.6. The molecule has 0 radical (unpaired) electrons. The molecule has 128 valence electrons. The quantitative estimate of drug-likeness (QED) is 0.423. The second-order valence-electron chi connectivity index (χ2n) is 6.54. The zero-order valence-corrected chi connectivity index (χ0v) is 14.6. The summed E-state index contributed by atoms with van der Waals surface area (Å²) in [6.07, 6.45) is 10.9. The summed E-state index contributed by atoms with van der Waals surface area (Å²) in [7, 11) is 0. The van der Waals surface area contributed by atoms with Crippen molar-refractivity contribution in [2.45, 2.75) is 91.2 Å². The van der Waals surface area contributed by atoms with Gasteiger partial charge in [0.15, 0.2) is 6.23 Å². The van der Waals surface area contributed by atoms with Crippen molar-refractivity contribution in [3.8, 4) is 0 Å². The molecule has 22 heavy (non-hydrogen) atoms. The molecule has 2 atom stereocenters. The number of unbranched alkanes of at least 4 members (excludes halogenated alkanes) is 6. The maximum Gasteiger partial charge on any atom is 0.327 e. The molecule has 0 bridgehead atoms. The molecule has 1 rings (SSSR count). The summed E-state index contributed by atoms with van der Waals surface area (Å²) in [5.41, 5.74) is 0. The van der Waals surface area contributed by atoms with Crippen molar-refractivity contribution in [1.82, 2.24) is 4.90 Å². The number of hydrogen-bond donors (Lipinski definition) is 0. The van der Waals surface area contributed by atoms with E-state index in [1.807, 2.05) is 6.92 Å². The van der Waals surface area contributed by atoms with E-state index in [0.717, 1.165) is 19.3 Å². The Morgan fingerprint density at radius 3 is 2.41 bits per heavy atom. The minimum Gasteiger partial charge on any atom is -0.440 e. The highest BCUT2D eigenvalue weighted by atomic mass is 16.6. The van der Waals surface area contributed by atoms with Crippen LogP contribution in [-0.4, -0.2) is 29.5 Å². The summed E-state index contributed by atoms with van der Waals surface area (Å²) in [5.74, 6) is 0.00790. The zero-order chi connectivity index (χ0) is 16.4. The first-order valence-electron chi connectivity index (χ1n) is 9.09. The van der Waals surface area contributed by atoms with Crippen LogP contribution in [0.25, 0.3) is 0 Å². The van der Waals surface area contributed by atoms with E-state index >= 15 is 0 Å². The van der Waals surface area contributed by atoms with Crippen LogP contribution in [0, 0.1) is 5.92 Å². The molecule has 1 saturated heterocycles. The van der Waals surface area contributed by atoms with Crippen LogP contribution in [0.3, 0.4) is 0 Å². The minimum absolute atomic E-state index is 0.0461. The molecule has 2 unspecified atom stereocenters. The summed E-state index contributed by atoms with van der Waals surface area (Å²) >= 11 is 0. The maximum absolute atomic E-state index is 12.1. The predicted octanol–water partition coefficient (Wildman–Crippen LogP) is 4.27. The van der Waals surface area contributed by atoms with E-state index in [9.17, 15) is 9.59 Å². The van der Waals surface area contributed by atoms with Gasteiger partial charge in [-0.2, -0.15) is 0 Å². The first-order chi connectivity index (χ1) is 10.6. The van der Waals surface area contributed by atoms with Gasteiger partial charge in [-0.25, -0.2) is 0 Å². The van der Waals surface area contributed by atoms with Gasteiger partial charge in [-0.1, -0.05) is 65.7 Å². The first kappa shape index (κ1) is 19.0. The van der Waals surface area contributed by atoms with Crippen molar-refractivity contribution in [3.05, 3.63) is 0 Å². The first-order valence-corrected chi connectivity index (χ1v) is 9.09. The molecule has 0 N–H and O–H groups in total. The van der Waals surface area contributed by atoms with Crippen LogP contribution in [0.2, 0.25) is 0 Å². The Bertz CT molecular complexity index is 343. The average molecular weight is 311 g/mol. The second-order valence-corrected chi connectivity index (χ2v) is 6.54. The number of rotatable bonds is 11. The van der Waals surface area contributed by atoms with Gasteiger partial charge in [0.2, 0.25) is 5.91 Å². The van der Waals surface area contributed by atoms with Crippen molar-refractivity contribution < 1.29 is 14.3 Å². The number of nitrogens with zero attached hydrogens (tertiary/aromatic N) is 1. The fourth-order valence-electron chi connectivity index (χ4n) is 3.04. The number of carbonyl (C=O) groups is 2. The van der Waals surface area contributed by atoms with Crippen molar-refractivity contribution in [2.24, 2.45) is 5.92 Å². The topological polar surface area (TPSA) is 46.6 Å². The largest absolute Gasteiger partial charge is 0.440 e. The molecule has 1 fully saturated rings. The Morgan fingerprint density at radius 2 is 1.77 bits per heavy atom. The third kappa shape index (κ3) is 6.37. The number of hydrogen-bond acceptors (Lipinski definition) is 3. The third-order valence-corrected chi connectivity index (χ3v) is 4.39. The number of amides is 1. The maximum atomic E-state index is 12.1. The highest BCUT2D eigenvalue weighted by molar-refractivity contribution is 5.84. The van der Waals surface area contributed by atoms with Crippen molar-refractivity contribution in [2.75, 3.05) is 6.54 Å². The van der Waals surface area contributed by atoms with Crippen molar-refractivity contribution in [1.29, 1.82) is 0 Å². The standard InChI is InChI=1S/C18H33NO3/c1-4-6-7-8-9-10-11-13-15(3)18-19(14-17(21)22-18)16(20)12-5-2/h15,18H,4-14H2,1-3H3. The van der Waals surface area contributed by atoms with Gasteiger partial charge in [-0.3, -0.25) is 14.5 Å². The SMILES string of the molecule is CCCCCCCCCC(C)C1OC(=O)CN1C(=O)CCC. The average Bonchev–Trinajstić information content (AvgIpc) is 2.88. The van der Waals surface area contributed by atoms with Gasteiger partial charge in [0.05, 0.1) is 0 Å². The molecule has 1 amide bonds. The third-order valence-electron chi connectivity index (χ3n) is 4.39. The number of cyclic esters (lactones) is 1. The molecule has 1 aliphatic heterocycles. The fraction of sp³-hybridized carbons (Fsp3) is 0.889. The van der Waals surface area contributed by atoms with Crippen LogP contribution in [-0.2, 0) is 14.3 Å². The molecule has 0 aromatic rings. The van der Waals surface area contributed by atoms with Crippen LogP contribution in [0.5, 0.6) is 0 Å². The highest BCUT2D eigenvalue weighted by Gasteiger charge is 2.38.